The minimum atomic E-state index is -0.346. The summed E-state index contributed by atoms with van der Waals surface area (Å²) in [5, 5.41) is 18.0. The number of benzene rings is 1. The number of hydrogen-bond donors (Lipinski definition) is 1. The SMILES string of the molecule is COc1cc2c3c(c(=O)oc2c(/C=N/N2CCCCC2)c1O)CN(C)CC3. The molecule has 0 aliphatic carbocycles. The molecule has 4 rings (SSSR count). The summed E-state index contributed by atoms with van der Waals surface area (Å²) in [7, 11) is 3.51. The number of fused-ring (bicyclic) bond motifs is 3. The second-order valence-corrected chi connectivity index (χ2v) is 7.31. The molecule has 1 aromatic heterocycles. The van der Waals surface area contributed by atoms with Crippen LogP contribution in [0.25, 0.3) is 11.0 Å². The number of hydrazone groups is 1. The van der Waals surface area contributed by atoms with Crippen LogP contribution in [0.2, 0.25) is 0 Å². The molecule has 27 heavy (non-hydrogen) atoms. The molecular formula is C20H25N3O4. The maximum absolute atomic E-state index is 12.6. The molecule has 0 amide bonds. The summed E-state index contributed by atoms with van der Waals surface area (Å²) in [6.45, 7) is 3.22. The Kier molecular flexibility index (Phi) is 4.78. The van der Waals surface area contributed by atoms with Crippen molar-refractivity contribution in [3.05, 3.63) is 33.2 Å². The molecule has 1 fully saturated rings. The molecule has 0 radical (unpaired) electrons. The number of ether oxygens (including phenoxy) is 1. The normalized spacial score (nSPS) is 18.2. The molecular weight excluding hydrogens is 346 g/mol. The van der Waals surface area contributed by atoms with Gasteiger partial charge in [-0.1, -0.05) is 0 Å². The number of piperidine rings is 1. The van der Waals surface area contributed by atoms with E-state index in [0.29, 0.717) is 29.0 Å². The predicted molar refractivity (Wildman–Crippen MR) is 104 cm³/mol. The molecule has 0 atom stereocenters. The van der Waals surface area contributed by atoms with Crippen LogP contribution in [0.1, 0.15) is 36.0 Å². The Morgan fingerprint density at radius 3 is 2.74 bits per heavy atom. The Balaban J connectivity index is 1.89. The first-order valence-corrected chi connectivity index (χ1v) is 9.44. The third kappa shape index (κ3) is 3.27. The lowest BCUT2D eigenvalue weighted by molar-refractivity contribution is 0.240. The van der Waals surface area contributed by atoms with Crippen LogP contribution in [0.3, 0.4) is 0 Å². The summed E-state index contributed by atoms with van der Waals surface area (Å²) < 4.78 is 11.0. The van der Waals surface area contributed by atoms with E-state index < -0.39 is 0 Å². The predicted octanol–water partition coefficient (Wildman–Crippen LogP) is 2.31. The van der Waals surface area contributed by atoms with Crippen molar-refractivity contribution in [3.8, 4) is 11.5 Å². The Hall–Kier alpha value is -2.54. The minimum absolute atomic E-state index is 0.0539. The van der Waals surface area contributed by atoms with Gasteiger partial charge in [-0.05, 0) is 44.4 Å². The molecule has 7 nitrogen and oxygen atoms in total. The Bertz CT molecular complexity index is 945. The molecule has 7 heteroatoms. The Morgan fingerprint density at radius 1 is 1.22 bits per heavy atom. The van der Waals surface area contributed by atoms with Gasteiger partial charge in [-0.3, -0.25) is 5.01 Å². The molecule has 2 aromatic rings. The number of nitrogens with zero attached hydrogens (tertiary/aromatic N) is 3. The van der Waals surface area contributed by atoms with Gasteiger partial charge in [-0.25, -0.2) is 4.79 Å². The summed E-state index contributed by atoms with van der Waals surface area (Å²) >= 11 is 0. The van der Waals surface area contributed by atoms with Gasteiger partial charge in [0, 0.05) is 31.6 Å². The zero-order valence-corrected chi connectivity index (χ0v) is 15.8. The number of methoxy groups -OCH3 is 1. The van der Waals surface area contributed by atoms with Crippen molar-refractivity contribution >= 4 is 17.2 Å². The van der Waals surface area contributed by atoms with E-state index >= 15 is 0 Å². The summed E-state index contributed by atoms with van der Waals surface area (Å²) in [6, 6.07) is 1.76. The molecule has 3 heterocycles. The van der Waals surface area contributed by atoms with Crippen LogP contribution in [0.15, 0.2) is 20.4 Å². The average Bonchev–Trinajstić information content (AvgIpc) is 2.68. The zero-order chi connectivity index (χ0) is 19.0. The van der Waals surface area contributed by atoms with Crippen LogP contribution in [-0.2, 0) is 13.0 Å². The van der Waals surface area contributed by atoms with Crippen molar-refractivity contribution in [2.75, 3.05) is 33.8 Å². The number of phenols is 1. The van der Waals surface area contributed by atoms with Gasteiger partial charge < -0.3 is 19.2 Å². The van der Waals surface area contributed by atoms with E-state index in [2.05, 4.69) is 10.0 Å². The van der Waals surface area contributed by atoms with Crippen molar-refractivity contribution in [3.63, 3.8) is 0 Å². The van der Waals surface area contributed by atoms with Crippen LogP contribution >= 0.6 is 0 Å². The number of likely N-dealkylation sites (N-methyl/N-ethyl adjacent to an activating group) is 1. The quantitative estimate of drug-likeness (QED) is 0.659. The molecule has 2 aliphatic heterocycles. The lowest BCUT2D eigenvalue weighted by Crippen LogP contribution is -2.31. The zero-order valence-electron chi connectivity index (χ0n) is 15.8. The van der Waals surface area contributed by atoms with E-state index in [1.54, 1.807) is 12.3 Å². The standard InChI is InChI=1S/C20H25N3O4/c1-22-9-6-13-14-10-17(26-2)18(24)15(11-21-23-7-4-3-5-8-23)19(14)27-20(25)16(13)12-22/h10-11,24H,3-9,12H2,1-2H3/b21-11+. The van der Waals surface area contributed by atoms with E-state index in [1.165, 1.54) is 13.5 Å². The molecule has 1 aromatic carbocycles. The first kappa shape index (κ1) is 17.9. The van der Waals surface area contributed by atoms with E-state index in [4.69, 9.17) is 9.15 Å². The highest BCUT2D eigenvalue weighted by molar-refractivity contribution is 6.02. The molecule has 144 valence electrons. The lowest BCUT2D eigenvalue weighted by atomic mass is 9.96. The molecule has 1 saturated heterocycles. The highest BCUT2D eigenvalue weighted by Gasteiger charge is 2.24. The molecule has 0 saturated carbocycles. The fourth-order valence-electron chi connectivity index (χ4n) is 3.93. The third-order valence-electron chi connectivity index (χ3n) is 5.46. The average molecular weight is 371 g/mol. The first-order valence-electron chi connectivity index (χ1n) is 9.44. The largest absolute Gasteiger partial charge is 0.504 e. The van der Waals surface area contributed by atoms with Crippen molar-refractivity contribution in [1.29, 1.82) is 0 Å². The number of hydrogen-bond acceptors (Lipinski definition) is 7. The van der Waals surface area contributed by atoms with Crippen LogP contribution in [0.5, 0.6) is 11.5 Å². The van der Waals surface area contributed by atoms with Gasteiger partial charge in [0.25, 0.3) is 0 Å². The molecule has 0 unspecified atom stereocenters. The van der Waals surface area contributed by atoms with Crippen LogP contribution in [0, 0.1) is 0 Å². The van der Waals surface area contributed by atoms with Crippen molar-refractivity contribution in [2.45, 2.75) is 32.2 Å². The number of phenolic OH excluding ortho intramolecular Hbond substituents is 1. The highest BCUT2D eigenvalue weighted by atomic mass is 16.5. The second kappa shape index (κ2) is 7.23. The minimum Gasteiger partial charge on any atom is -0.504 e. The third-order valence-corrected chi connectivity index (χ3v) is 5.46. The first-order chi connectivity index (χ1) is 13.1. The van der Waals surface area contributed by atoms with Gasteiger partial charge in [0.1, 0.15) is 0 Å². The fourth-order valence-corrected chi connectivity index (χ4v) is 3.93. The van der Waals surface area contributed by atoms with Crippen LogP contribution < -0.4 is 10.4 Å². The van der Waals surface area contributed by atoms with Crippen molar-refractivity contribution in [2.24, 2.45) is 5.10 Å². The van der Waals surface area contributed by atoms with E-state index in [-0.39, 0.29) is 11.4 Å². The summed E-state index contributed by atoms with van der Waals surface area (Å²) in [4.78, 5) is 14.7. The Labute approximate surface area is 157 Å². The van der Waals surface area contributed by atoms with Crippen molar-refractivity contribution < 1.29 is 14.3 Å². The van der Waals surface area contributed by atoms with Gasteiger partial charge in [0.05, 0.1) is 24.5 Å². The van der Waals surface area contributed by atoms with Crippen molar-refractivity contribution in [1.82, 2.24) is 9.91 Å². The summed E-state index contributed by atoms with van der Waals surface area (Å²) in [5.74, 6) is 0.305. The summed E-state index contributed by atoms with van der Waals surface area (Å²) in [6.07, 6.45) is 5.78. The number of aromatic hydroxyl groups is 1. The summed E-state index contributed by atoms with van der Waals surface area (Å²) in [5.41, 5.74) is 2.09. The van der Waals surface area contributed by atoms with Gasteiger partial charge in [-0.15, -0.1) is 0 Å². The molecule has 0 bridgehead atoms. The Morgan fingerprint density at radius 2 is 2.00 bits per heavy atom. The van der Waals surface area contributed by atoms with Gasteiger partial charge in [0.15, 0.2) is 17.1 Å². The maximum Gasteiger partial charge on any atom is 0.341 e. The van der Waals surface area contributed by atoms with E-state index in [9.17, 15) is 9.90 Å². The highest BCUT2D eigenvalue weighted by Crippen LogP contribution is 2.38. The monoisotopic (exact) mass is 371 g/mol. The topological polar surface area (TPSA) is 78.5 Å². The van der Waals surface area contributed by atoms with Crippen LogP contribution in [-0.4, -0.2) is 55.0 Å². The smallest absolute Gasteiger partial charge is 0.341 e. The molecule has 0 spiro atoms. The van der Waals surface area contributed by atoms with Gasteiger partial charge in [-0.2, -0.15) is 5.10 Å². The fraction of sp³-hybridized carbons (Fsp3) is 0.500. The van der Waals surface area contributed by atoms with E-state index in [1.807, 2.05) is 12.1 Å². The number of rotatable bonds is 3. The van der Waals surface area contributed by atoms with Gasteiger partial charge >= 0.3 is 5.63 Å². The van der Waals surface area contributed by atoms with E-state index in [0.717, 1.165) is 49.8 Å². The van der Waals surface area contributed by atoms with Gasteiger partial charge in [0.2, 0.25) is 0 Å². The maximum atomic E-state index is 12.6. The second-order valence-electron chi connectivity index (χ2n) is 7.31. The molecule has 1 N–H and O–H groups in total. The van der Waals surface area contributed by atoms with Crippen LogP contribution in [0.4, 0.5) is 0 Å². The molecule has 2 aliphatic rings. The lowest BCUT2D eigenvalue weighted by Gasteiger charge is -2.25.